The van der Waals surface area contributed by atoms with Crippen LogP contribution in [0.1, 0.15) is 139 Å². The predicted octanol–water partition coefficient (Wildman–Crippen LogP) is 13.8. The maximum atomic E-state index is 3.98. The first-order valence-electron chi connectivity index (χ1n) is 22.9. The third kappa shape index (κ3) is 9.01. The van der Waals surface area contributed by atoms with Gasteiger partial charge in [0.1, 0.15) is 0 Å². The molecule has 0 aliphatic heterocycles. The standard InChI is InChI=1S/C54H70N2/c1-38-33-44(25-29-50(38)51(43-19-11-6-12-20-43)37-42-17-9-5-10-18-42)45-26-30-52(39(2)34-45)55-53-31-27-46(35-40(53)3)47-28-32-54(41(4)36-47)56(48-21-13-7-14-22-48)49-23-15-8-16-24-49/h7,9,11,13-15,17,19,21,23,25-27,29-33,35,40-43,45,47-49,51,53,55H,5-6,8,10,12,16,18,20,22,24,28,34,36-37H2,1-4H3. The Hall–Kier alpha value is -3.78. The maximum absolute atomic E-state index is 3.98. The van der Waals surface area contributed by atoms with Crippen LogP contribution in [0.25, 0.3) is 0 Å². The van der Waals surface area contributed by atoms with Crippen LogP contribution in [0.4, 0.5) is 0 Å². The van der Waals surface area contributed by atoms with E-state index < -0.39 is 0 Å². The van der Waals surface area contributed by atoms with Crippen molar-refractivity contribution in [3.05, 3.63) is 155 Å². The molecule has 56 heavy (non-hydrogen) atoms. The van der Waals surface area contributed by atoms with Gasteiger partial charge in [-0.1, -0.05) is 123 Å². The van der Waals surface area contributed by atoms with E-state index in [4.69, 9.17) is 0 Å². The molecule has 2 nitrogen and oxygen atoms in total. The Labute approximate surface area is 340 Å². The molecule has 0 bridgehead atoms. The number of aryl methyl sites for hydroxylation is 1. The molecule has 1 N–H and O–H groups in total. The molecule has 0 saturated heterocycles. The van der Waals surface area contributed by atoms with E-state index in [1.54, 1.807) is 16.8 Å². The van der Waals surface area contributed by atoms with Gasteiger partial charge in [0.15, 0.2) is 0 Å². The Bertz CT molecular complexity index is 1850. The van der Waals surface area contributed by atoms with E-state index in [1.165, 1.54) is 93.0 Å². The normalized spacial score (nSPS) is 33.3. The van der Waals surface area contributed by atoms with E-state index in [2.05, 4.69) is 153 Å². The van der Waals surface area contributed by atoms with Crippen LogP contribution in [0, 0.1) is 36.5 Å². The van der Waals surface area contributed by atoms with Gasteiger partial charge in [-0.3, -0.25) is 0 Å². The Morgan fingerprint density at radius 2 is 1.61 bits per heavy atom. The zero-order valence-corrected chi connectivity index (χ0v) is 35.1. The van der Waals surface area contributed by atoms with Crippen molar-refractivity contribution in [2.45, 2.75) is 148 Å². The average Bonchev–Trinajstić information content (AvgIpc) is 3.23. The molecule has 7 aliphatic rings. The van der Waals surface area contributed by atoms with Crippen LogP contribution in [0.2, 0.25) is 0 Å². The van der Waals surface area contributed by atoms with Crippen LogP contribution < -0.4 is 5.32 Å². The largest absolute Gasteiger partial charge is 0.378 e. The molecule has 0 amide bonds. The van der Waals surface area contributed by atoms with Crippen molar-refractivity contribution in [1.29, 1.82) is 0 Å². The van der Waals surface area contributed by atoms with Crippen molar-refractivity contribution in [2.75, 3.05) is 0 Å². The number of hydrogen-bond acceptors (Lipinski definition) is 2. The highest BCUT2D eigenvalue weighted by atomic mass is 15.2. The second kappa shape index (κ2) is 18.2. The Balaban J connectivity index is 0.895. The molecule has 7 aliphatic carbocycles. The van der Waals surface area contributed by atoms with Crippen LogP contribution in [-0.4, -0.2) is 23.0 Å². The molecule has 0 fully saturated rings. The third-order valence-electron chi connectivity index (χ3n) is 14.6. The minimum Gasteiger partial charge on any atom is -0.378 e. The summed E-state index contributed by atoms with van der Waals surface area (Å²) in [6.45, 7) is 9.62. The van der Waals surface area contributed by atoms with E-state index in [9.17, 15) is 0 Å². The number of nitrogens with zero attached hydrogens (tertiary/aromatic N) is 1. The Morgan fingerprint density at radius 1 is 0.786 bits per heavy atom. The van der Waals surface area contributed by atoms with Crippen molar-refractivity contribution in [3.8, 4) is 0 Å². The first-order chi connectivity index (χ1) is 27.4. The van der Waals surface area contributed by atoms with Crippen LogP contribution in [0.15, 0.2) is 138 Å². The lowest BCUT2D eigenvalue weighted by molar-refractivity contribution is 0.192. The van der Waals surface area contributed by atoms with Gasteiger partial charge < -0.3 is 10.2 Å². The predicted molar refractivity (Wildman–Crippen MR) is 239 cm³/mol. The molecule has 0 radical (unpaired) electrons. The van der Waals surface area contributed by atoms with E-state index in [1.807, 2.05) is 0 Å². The second-order valence-corrected chi connectivity index (χ2v) is 18.7. The minimum atomic E-state index is 0.322. The molecule has 8 rings (SSSR count). The Kier molecular flexibility index (Phi) is 12.7. The molecular formula is C54H70N2. The third-order valence-corrected chi connectivity index (χ3v) is 14.6. The van der Waals surface area contributed by atoms with Crippen molar-refractivity contribution in [1.82, 2.24) is 10.2 Å². The number of hydrogen-bond donors (Lipinski definition) is 1. The van der Waals surface area contributed by atoms with Crippen LogP contribution in [-0.2, 0) is 0 Å². The van der Waals surface area contributed by atoms with Crippen LogP contribution in [0.3, 0.4) is 0 Å². The average molecular weight is 747 g/mol. The minimum absolute atomic E-state index is 0.322. The lowest BCUT2D eigenvalue weighted by atomic mass is 9.73. The molecule has 0 aromatic heterocycles. The van der Waals surface area contributed by atoms with Crippen molar-refractivity contribution < 1.29 is 0 Å². The highest BCUT2D eigenvalue weighted by Gasteiger charge is 2.34. The van der Waals surface area contributed by atoms with Crippen molar-refractivity contribution in [2.24, 2.45) is 29.6 Å². The number of allylic oxidation sites excluding steroid dienone is 14. The summed E-state index contributed by atoms with van der Waals surface area (Å²) in [4.78, 5) is 2.79. The molecule has 0 heterocycles. The maximum Gasteiger partial charge on any atom is 0.0513 e. The van der Waals surface area contributed by atoms with Gasteiger partial charge in [-0.15, -0.1) is 0 Å². The lowest BCUT2D eigenvalue weighted by Gasteiger charge is -2.45. The molecule has 0 saturated carbocycles. The topological polar surface area (TPSA) is 15.3 Å². The zero-order chi connectivity index (χ0) is 38.4. The summed E-state index contributed by atoms with van der Waals surface area (Å²) in [5.74, 6) is 4.09. The van der Waals surface area contributed by atoms with Gasteiger partial charge in [-0.25, -0.2) is 0 Å². The van der Waals surface area contributed by atoms with Gasteiger partial charge in [0, 0.05) is 23.4 Å². The molecule has 0 spiro atoms. The second-order valence-electron chi connectivity index (χ2n) is 18.7. The van der Waals surface area contributed by atoms with Gasteiger partial charge in [0.05, 0.1) is 12.1 Å². The number of benzene rings is 1. The molecule has 2 heteroatoms. The fourth-order valence-electron chi connectivity index (χ4n) is 11.4. The highest BCUT2D eigenvalue weighted by molar-refractivity contribution is 5.42. The summed E-state index contributed by atoms with van der Waals surface area (Å²) in [7, 11) is 0. The van der Waals surface area contributed by atoms with Gasteiger partial charge >= 0.3 is 0 Å². The van der Waals surface area contributed by atoms with Crippen molar-refractivity contribution in [3.63, 3.8) is 0 Å². The molecule has 1 aromatic carbocycles. The first kappa shape index (κ1) is 39.1. The van der Waals surface area contributed by atoms with Crippen molar-refractivity contribution >= 4 is 0 Å². The number of nitrogens with one attached hydrogen (secondary N) is 1. The summed E-state index contributed by atoms with van der Waals surface area (Å²) in [6, 6.07) is 8.84. The molecule has 10 atom stereocenters. The quantitative estimate of drug-likeness (QED) is 0.227. The molecule has 296 valence electrons. The van der Waals surface area contributed by atoms with Gasteiger partial charge in [-0.05, 0) is 173 Å². The fourth-order valence-corrected chi connectivity index (χ4v) is 11.4. The molecule has 10 unspecified atom stereocenters. The van der Waals surface area contributed by atoms with E-state index in [-0.39, 0.29) is 0 Å². The summed E-state index contributed by atoms with van der Waals surface area (Å²) >= 11 is 0. The lowest BCUT2D eigenvalue weighted by Crippen LogP contribution is -2.44. The molecular weight excluding hydrogens is 677 g/mol. The van der Waals surface area contributed by atoms with E-state index in [0.717, 1.165) is 25.2 Å². The summed E-state index contributed by atoms with van der Waals surface area (Å²) in [6.07, 6.45) is 56.7. The van der Waals surface area contributed by atoms with Gasteiger partial charge in [0.2, 0.25) is 0 Å². The summed E-state index contributed by atoms with van der Waals surface area (Å²) < 4.78 is 0. The summed E-state index contributed by atoms with van der Waals surface area (Å²) in [5.41, 5.74) is 10.5. The monoisotopic (exact) mass is 747 g/mol. The van der Waals surface area contributed by atoms with Crippen LogP contribution in [0.5, 0.6) is 0 Å². The highest BCUT2D eigenvalue weighted by Crippen LogP contribution is 2.43. The van der Waals surface area contributed by atoms with Gasteiger partial charge in [0.25, 0.3) is 0 Å². The fraction of sp³-hybridized carbons (Fsp3) is 0.519. The smallest absolute Gasteiger partial charge is 0.0513 e. The van der Waals surface area contributed by atoms with Crippen LogP contribution >= 0.6 is 0 Å². The first-order valence-corrected chi connectivity index (χ1v) is 22.9. The number of rotatable bonds is 11. The summed E-state index contributed by atoms with van der Waals surface area (Å²) in [5, 5.41) is 3.98. The SMILES string of the molecule is CC1=C(NC2C=CC(C3CC=C(N(C4C=CC=CC4)C4C=CCCC4)C(C)C3)=CC2C)C=CC(c2ccc(C(CC3C=CCCC3)C3C=CCCC3)c(C)c2)C1. The Morgan fingerprint density at radius 3 is 2.29 bits per heavy atom. The zero-order valence-electron chi connectivity index (χ0n) is 35.1. The molecule has 1 aromatic rings. The van der Waals surface area contributed by atoms with E-state index in [0.29, 0.717) is 53.6 Å². The van der Waals surface area contributed by atoms with E-state index >= 15 is 0 Å². The van der Waals surface area contributed by atoms with Gasteiger partial charge in [-0.2, -0.15) is 0 Å².